The molecule has 6 rings (SSSR count). The third-order valence-corrected chi connectivity index (χ3v) is 7.21. The van der Waals surface area contributed by atoms with Crippen LogP contribution in [0.2, 0.25) is 0 Å². The maximum Gasteiger partial charge on any atom is 0.263 e. The minimum Gasteiger partial charge on any atom is -0.497 e. The van der Waals surface area contributed by atoms with Crippen molar-refractivity contribution in [2.24, 2.45) is 0 Å². The number of fused-ring (bicyclic) bond motifs is 3. The van der Waals surface area contributed by atoms with Crippen LogP contribution in [0.15, 0.2) is 66.0 Å². The van der Waals surface area contributed by atoms with Crippen LogP contribution in [0.4, 0.5) is 5.95 Å². The van der Waals surface area contributed by atoms with Crippen LogP contribution in [0.1, 0.15) is 16.1 Å². The third kappa shape index (κ3) is 3.87. The van der Waals surface area contributed by atoms with E-state index in [1.807, 2.05) is 75.3 Å². The first-order valence-corrected chi connectivity index (χ1v) is 12.5. The quantitative estimate of drug-likeness (QED) is 0.377. The van der Waals surface area contributed by atoms with Gasteiger partial charge in [-0.05, 0) is 42.1 Å². The molecule has 0 radical (unpaired) electrons. The number of hydrogen-bond acceptors (Lipinski definition) is 7. The van der Waals surface area contributed by atoms with Crippen LogP contribution in [0.5, 0.6) is 5.75 Å². The third-order valence-electron chi connectivity index (χ3n) is 6.35. The van der Waals surface area contributed by atoms with Gasteiger partial charge in [0, 0.05) is 37.1 Å². The lowest BCUT2D eigenvalue weighted by atomic mass is 10.2. The lowest BCUT2D eigenvalue weighted by Gasteiger charge is -2.24. The Hall–Kier alpha value is -3.98. The number of thiophene rings is 1. The average molecular weight is 485 g/mol. The van der Waals surface area contributed by atoms with Crippen molar-refractivity contribution in [3.63, 3.8) is 0 Å². The summed E-state index contributed by atoms with van der Waals surface area (Å²) in [5, 5.41) is 12.0. The summed E-state index contributed by atoms with van der Waals surface area (Å²) in [5.74, 6) is 2.35. The molecule has 3 aromatic heterocycles. The van der Waals surface area contributed by atoms with E-state index in [0.717, 1.165) is 58.2 Å². The molecule has 9 heteroatoms. The lowest BCUT2D eigenvalue weighted by molar-refractivity contribution is 0.0772. The molecule has 1 aliphatic rings. The molecule has 1 amide bonds. The highest BCUT2D eigenvalue weighted by atomic mass is 32.1. The lowest BCUT2D eigenvalue weighted by Crippen LogP contribution is -2.35. The van der Waals surface area contributed by atoms with Crippen molar-refractivity contribution in [3.05, 3.63) is 70.9 Å². The molecule has 0 bridgehead atoms. The van der Waals surface area contributed by atoms with Gasteiger partial charge in [0.25, 0.3) is 5.91 Å². The number of para-hydroxylation sites is 1. The van der Waals surface area contributed by atoms with Crippen LogP contribution in [0.3, 0.4) is 0 Å². The SMILES string of the molecule is COc1cccc(-c2nnc3c4ccccc4nc(N4CCCN(C(=O)c5cccs5)CC4)n23)c1. The molecule has 4 heterocycles. The molecule has 176 valence electrons. The fourth-order valence-electron chi connectivity index (χ4n) is 4.60. The van der Waals surface area contributed by atoms with Gasteiger partial charge in [-0.15, -0.1) is 21.5 Å². The van der Waals surface area contributed by atoms with Crippen molar-refractivity contribution in [1.29, 1.82) is 0 Å². The maximum absolute atomic E-state index is 13.0. The summed E-state index contributed by atoms with van der Waals surface area (Å²) in [5.41, 5.74) is 2.54. The van der Waals surface area contributed by atoms with Gasteiger partial charge in [-0.25, -0.2) is 9.38 Å². The molecule has 0 spiro atoms. The van der Waals surface area contributed by atoms with Gasteiger partial charge < -0.3 is 14.5 Å². The summed E-state index contributed by atoms with van der Waals surface area (Å²) in [6.07, 6.45) is 0.851. The molecule has 2 aromatic carbocycles. The molecule has 0 saturated carbocycles. The van der Waals surface area contributed by atoms with Crippen LogP contribution in [-0.2, 0) is 0 Å². The van der Waals surface area contributed by atoms with Crippen LogP contribution >= 0.6 is 11.3 Å². The topological polar surface area (TPSA) is 75.9 Å². The minimum atomic E-state index is 0.0971. The van der Waals surface area contributed by atoms with Crippen molar-refractivity contribution in [2.45, 2.75) is 6.42 Å². The highest BCUT2D eigenvalue weighted by Crippen LogP contribution is 2.30. The molecule has 1 aliphatic heterocycles. The van der Waals surface area contributed by atoms with E-state index in [1.54, 1.807) is 7.11 Å². The average Bonchev–Trinajstić information content (AvgIpc) is 3.54. The molecule has 0 aliphatic carbocycles. The highest BCUT2D eigenvalue weighted by molar-refractivity contribution is 7.12. The van der Waals surface area contributed by atoms with Gasteiger partial charge in [-0.3, -0.25) is 4.79 Å². The molecule has 0 unspecified atom stereocenters. The van der Waals surface area contributed by atoms with Gasteiger partial charge in [0.05, 0.1) is 17.5 Å². The van der Waals surface area contributed by atoms with E-state index in [-0.39, 0.29) is 5.91 Å². The summed E-state index contributed by atoms with van der Waals surface area (Å²) in [7, 11) is 1.65. The Labute approximate surface area is 206 Å². The number of amides is 1. The number of carbonyl (C=O) groups is 1. The first-order chi connectivity index (χ1) is 17.2. The molecule has 1 saturated heterocycles. The summed E-state index contributed by atoms with van der Waals surface area (Å²) in [6, 6.07) is 19.6. The summed E-state index contributed by atoms with van der Waals surface area (Å²) in [4.78, 5) is 23.0. The number of ether oxygens (including phenoxy) is 1. The highest BCUT2D eigenvalue weighted by Gasteiger charge is 2.25. The summed E-state index contributed by atoms with van der Waals surface area (Å²) >= 11 is 1.49. The molecule has 8 nitrogen and oxygen atoms in total. The monoisotopic (exact) mass is 484 g/mol. The fourth-order valence-corrected chi connectivity index (χ4v) is 5.29. The molecular formula is C26H24N6O2S. The second-order valence-corrected chi connectivity index (χ2v) is 9.40. The number of rotatable bonds is 4. The molecule has 35 heavy (non-hydrogen) atoms. The smallest absolute Gasteiger partial charge is 0.263 e. The van der Waals surface area contributed by atoms with Gasteiger partial charge in [-0.2, -0.15) is 0 Å². The van der Waals surface area contributed by atoms with Crippen molar-refractivity contribution in [2.75, 3.05) is 38.2 Å². The van der Waals surface area contributed by atoms with Gasteiger partial charge in [0.1, 0.15) is 5.75 Å². The van der Waals surface area contributed by atoms with Crippen molar-refractivity contribution < 1.29 is 9.53 Å². The molecule has 0 atom stereocenters. The number of aromatic nitrogens is 4. The number of anilines is 1. The van der Waals surface area contributed by atoms with Crippen LogP contribution in [0.25, 0.3) is 27.9 Å². The van der Waals surface area contributed by atoms with Gasteiger partial charge >= 0.3 is 0 Å². The summed E-state index contributed by atoms with van der Waals surface area (Å²) < 4.78 is 7.48. The zero-order chi connectivity index (χ0) is 23.8. The van der Waals surface area contributed by atoms with E-state index < -0.39 is 0 Å². The Morgan fingerprint density at radius 2 is 1.89 bits per heavy atom. The summed E-state index contributed by atoms with van der Waals surface area (Å²) in [6.45, 7) is 2.80. The zero-order valence-electron chi connectivity index (χ0n) is 19.3. The van der Waals surface area contributed by atoms with Gasteiger partial charge in [0.15, 0.2) is 11.5 Å². The van der Waals surface area contributed by atoms with Crippen LogP contribution in [0, 0.1) is 0 Å². The zero-order valence-corrected chi connectivity index (χ0v) is 20.1. The Morgan fingerprint density at radius 1 is 0.971 bits per heavy atom. The van der Waals surface area contributed by atoms with E-state index in [2.05, 4.69) is 15.1 Å². The Bertz CT molecular complexity index is 1510. The van der Waals surface area contributed by atoms with Crippen molar-refractivity contribution in [1.82, 2.24) is 24.5 Å². The van der Waals surface area contributed by atoms with E-state index in [9.17, 15) is 4.79 Å². The number of hydrogen-bond donors (Lipinski definition) is 0. The van der Waals surface area contributed by atoms with E-state index in [0.29, 0.717) is 18.9 Å². The maximum atomic E-state index is 13.0. The molecule has 0 N–H and O–H groups in total. The molecular weight excluding hydrogens is 460 g/mol. The predicted molar refractivity (Wildman–Crippen MR) is 137 cm³/mol. The number of carbonyl (C=O) groups excluding carboxylic acids is 1. The largest absolute Gasteiger partial charge is 0.497 e. The predicted octanol–water partition coefficient (Wildman–Crippen LogP) is 4.37. The Kier molecular flexibility index (Phi) is 5.54. The first kappa shape index (κ1) is 21.5. The Balaban J connectivity index is 1.44. The fraction of sp³-hybridized carbons (Fsp3) is 0.231. The standard InChI is InChI=1S/C26H24N6O2S/c1-34-19-8-4-7-18(17-19)23-28-29-24-20-9-2-3-10-21(20)27-26(32(23)24)31-13-6-12-30(14-15-31)25(33)22-11-5-16-35-22/h2-5,7-11,16-17H,6,12-15H2,1H3. The van der Waals surface area contributed by atoms with Gasteiger partial charge in [0.2, 0.25) is 5.95 Å². The van der Waals surface area contributed by atoms with Crippen LogP contribution < -0.4 is 9.64 Å². The number of methoxy groups -OCH3 is 1. The normalized spacial score (nSPS) is 14.4. The van der Waals surface area contributed by atoms with E-state index in [4.69, 9.17) is 9.72 Å². The minimum absolute atomic E-state index is 0.0971. The van der Waals surface area contributed by atoms with Crippen molar-refractivity contribution >= 4 is 39.7 Å². The number of nitrogens with zero attached hydrogens (tertiary/aromatic N) is 6. The molecule has 1 fully saturated rings. The second-order valence-electron chi connectivity index (χ2n) is 8.45. The van der Waals surface area contributed by atoms with E-state index in [1.165, 1.54) is 11.3 Å². The van der Waals surface area contributed by atoms with Crippen molar-refractivity contribution in [3.8, 4) is 17.1 Å². The number of benzene rings is 2. The van der Waals surface area contributed by atoms with E-state index >= 15 is 0 Å². The molecule has 5 aromatic rings. The van der Waals surface area contributed by atoms with Gasteiger partial charge in [-0.1, -0.05) is 30.3 Å². The van der Waals surface area contributed by atoms with Crippen LogP contribution in [-0.4, -0.2) is 63.7 Å². The second kappa shape index (κ2) is 8.99. The Morgan fingerprint density at radius 3 is 2.74 bits per heavy atom. The first-order valence-electron chi connectivity index (χ1n) is 11.6.